The quantitative estimate of drug-likeness (QED) is 0.401. The van der Waals surface area contributed by atoms with Crippen LogP contribution < -0.4 is 0 Å². The molecule has 2 heterocycles. The van der Waals surface area contributed by atoms with E-state index in [1.165, 1.54) is 0 Å². The van der Waals surface area contributed by atoms with Gasteiger partial charge in [-0.05, 0) is 33.8 Å². The zero-order valence-electron chi connectivity index (χ0n) is 16.5. The molecule has 0 aromatic carbocycles. The van der Waals surface area contributed by atoms with Gasteiger partial charge >= 0.3 is 0 Å². The zero-order chi connectivity index (χ0) is 20.2. The summed E-state index contributed by atoms with van der Waals surface area (Å²) in [5.41, 5.74) is -2.12. The van der Waals surface area contributed by atoms with Gasteiger partial charge in [0.25, 0.3) is 0 Å². The molecule has 4 aliphatic rings. The van der Waals surface area contributed by atoms with Gasteiger partial charge in [0.1, 0.15) is 23.9 Å². The molecule has 1 unspecified atom stereocenters. The predicted octanol–water partition coefficient (Wildman–Crippen LogP) is 0.486. The molecular weight excluding hydrogens is 364 g/mol. The summed E-state index contributed by atoms with van der Waals surface area (Å²) in [7, 11) is 0. The Morgan fingerprint density at radius 1 is 1.36 bits per heavy atom. The molecule has 0 aromatic rings. The fourth-order valence-corrected chi connectivity index (χ4v) is 3.85. The van der Waals surface area contributed by atoms with Gasteiger partial charge in [-0.15, -0.1) is 0 Å². The normalized spacial score (nSPS) is 43.7. The monoisotopic (exact) mass is 390 g/mol. The first kappa shape index (κ1) is 19.9. The summed E-state index contributed by atoms with van der Waals surface area (Å²) in [6.07, 6.45) is -1.57. The van der Waals surface area contributed by atoms with E-state index < -0.39 is 41.6 Å². The van der Waals surface area contributed by atoms with Crippen molar-refractivity contribution in [2.24, 2.45) is 0 Å². The topological polar surface area (TPSA) is 89.9 Å². The van der Waals surface area contributed by atoms with E-state index in [2.05, 4.69) is 23.7 Å². The molecule has 152 valence electrons. The Labute approximate surface area is 164 Å². The van der Waals surface area contributed by atoms with Crippen molar-refractivity contribution in [3.63, 3.8) is 0 Å². The molecule has 7 nitrogen and oxygen atoms in total. The van der Waals surface area contributed by atoms with Crippen LogP contribution in [0.25, 0.3) is 0 Å². The van der Waals surface area contributed by atoms with Crippen molar-refractivity contribution in [3.05, 3.63) is 11.6 Å². The largest absolute Gasteiger partial charge is 0.387 e. The third kappa shape index (κ3) is 3.28. The van der Waals surface area contributed by atoms with Crippen LogP contribution in [0.2, 0.25) is 0 Å². The first-order valence-electron chi connectivity index (χ1n) is 9.61. The van der Waals surface area contributed by atoms with Crippen molar-refractivity contribution < 1.29 is 33.9 Å². The van der Waals surface area contributed by atoms with E-state index in [0.29, 0.717) is 18.8 Å². The molecular formula is C21H26O7. The smallest absolute Gasteiger partial charge is 0.196 e. The van der Waals surface area contributed by atoms with Crippen LogP contribution in [-0.4, -0.2) is 71.1 Å². The maximum Gasteiger partial charge on any atom is 0.196 e. The molecule has 0 aromatic heterocycles. The molecule has 0 bridgehead atoms. The van der Waals surface area contributed by atoms with Gasteiger partial charge in [-0.3, -0.25) is 0 Å². The van der Waals surface area contributed by atoms with Crippen LogP contribution in [-0.2, 0) is 23.7 Å². The summed E-state index contributed by atoms with van der Waals surface area (Å²) in [5.74, 6) is 11.3. The van der Waals surface area contributed by atoms with E-state index in [0.717, 1.165) is 0 Å². The molecule has 0 amide bonds. The Hall–Kier alpha value is -1.42. The number of aliphatic hydroxyl groups excluding tert-OH is 1. The highest BCUT2D eigenvalue weighted by molar-refractivity contribution is 5.50. The lowest BCUT2D eigenvalue weighted by Crippen LogP contribution is -2.46. The van der Waals surface area contributed by atoms with Crippen LogP contribution in [0.4, 0.5) is 0 Å². The number of hydrogen-bond acceptors (Lipinski definition) is 7. The van der Waals surface area contributed by atoms with Gasteiger partial charge in [0.2, 0.25) is 0 Å². The van der Waals surface area contributed by atoms with Crippen LogP contribution in [0.5, 0.6) is 0 Å². The van der Waals surface area contributed by atoms with Gasteiger partial charge in [-0.2, -0.15) is 0 Å². The van der Waals surface area contributed by atoms with Crippen LogP contribution >= 0.6 is 0 Å². The van der Waals surface area contributed by atoms with Crippen LogP contribution in [0.15, 0.2) is 11.6 Å². The minimum atomic E-state index is -1.60. The Bertz CT molecular complexity index is 797. The zero-order valence-corrected chi connectivity index (χ0v) is 16.5. The molecule has 2 aliphatic carbocycles. The predicted molar refractivity (Wildman–Crippen MR) is 97.7 cm³/mol. The van der Waals surface area contributed by atoms with Crippen LogP contribution in [0.1, 0.15) is 34.1 Å². The Morgan fingerprint density at radius 3 is 2.82 bits per heavy atom. The summed E-state index contributed by atoms with van der Waals surface area (Å²) in [6.45, 7) is 8.11. The van der Waals surface area contributed by atoms with Crippen molar-refractivity contribution >= 4 is 0 Å². The van der Waals surface area contributed by atoms with Crippen LogP contribution in [0, 0.1) is 23.7 Å². The SMILES string of the molecule is CCOC(C)O[C@@H]1C=C2C#C[C@]3([C@H]4COC(C)(C)O4)O[C@@H]3C#CC[C@@]2(O)[C@H]1O. The molecule has 2 saturated heterocycles. The Kier molecular flexibility index (Phi) is 4.85. The molecule has 7 heteroatoms. The third-order valence-electron chi connectivity index (χ3n) is 5.46. The average Bonchev–Trinajstić information content (AvgIpc) is 3.11. The second-order valence-corrected chi connectivity index (χ2v) is 7.93. The van der Waals surface area contributed by atoms with E-state index in [-0.39, 0.29) is 12.5 Å². The fraction of sp³-hybridized carbons (Fsp3) is 0.714. The minimum absolute atomic E-state index is 0.0288. The van der Waals surface area contributed by atoms with Crippen molar-refractivity contribution in [1.82, 2.24) is 0 Å². The van der Waals surface area contributed by atoms with E-state index >= 15 is 0 Å². The van der Waals surface area contributed by atoms with E-state index in [4.69, 9.17) is 23.7 Å². The Balaban J connectivity index is 1.62. The summed E-state index contributed by atoms with van der Waals surface area (Å²) >= 11 is 0. The summed E-state index contributed by atoms with van der Waals surface area (Å²) < 4.78 is 28.5. The molecule has 7 atom stereocenters. The molecule has 0 saturated carbocycles. The lowest BCUT2D eigenvalue weighted by molar-refractivity contribution is -0.182. The van der Waals surface area contributed by atoms with Gasteiger partial charge in [0, 0.05) is 18.6 Å². The van der Waals surface area contributed by atoms with Crippen molar-refractivity contribution in [2.45, 2.75) is 81.8 Å². The number of epoxide rings is 1. The highest BCUT2D eigenvalue weighted by Gasteiger charge is 2.64. The minimum Gasteiger partial charge on any atom is -0.387 e. The molecule has 2 aliphatic heterocycles. The molecule has 0 radical (unpaired) electrons. The molecule has 28 heavy (non-hydrogen) atoms. The number of aliphatic hydroxyl groups is 2. The maximum atomic E-state index is 11.1. The summed E-state index contributed by atoms with van der Waals surface area (Å²) in [4.78, 5) is 0. The van der Waals surface area contributed by atoms with Crippen molar-refractivity contribution in [3.8, 4) is 23.7 Å². The van der Waals surface area contributed by atoms with Gasteiger partial charge in [0.05, 0.1) is 6.61 Å². The standard InChI is InChI=1S/C21H26O7/c1-5-24-13(2)26-15-11-14-8-10-21(17-12-25-19(3,4)27-17)16(28-21)7-6-9-20(14,23)18(15)22/h11,13,15-18,22-23H,5,9,12H2,1-4H3/t13?,15-,16-,17-,18+,20+,21+/m1/s1. The number of fused-ring (bicyclic) bond motifs is 2. The van der Waals surface area contributed by atoms with Gasteiger partial charge in [-0.1, -0.05) is 23.7 Å². The van der Waals surface area contributed by atoms with Crippen LogP contribution in [0.3, 0.4) is 0 Å². The highest BCUT2D eigenvalue weighted by Crippen LogP contribution is 2.46. The molecule has 4 rings (SSSR count). The van der Waals surface area contributed by atoms with E-state index in [9.17, 15) is 10.2 Å². The first-order valence-corrected chi connectivity index (χ1v) is 9.61. The molecule has 0 spiro atoms. The Morgan fingerprint density at radius 2 is 2.14 bits per heavy atom. The average molecular weight is 390 g/mol. The molecule has 2 fully saturated rings. The number of hydrogen-bond donors (Lipinski definition) is 2. The summed E-state index contributed by atoms with van der Waals surface area (Å²) in [5, 5.41) is 21.8. The van der Waals surface area contributed by atoms with Crippen molar-refractivity contribution in [1.29, 1.82) is 0 Å². The van der Waals surface area contributed by atoms with Gasteiger partial charge in [0.15, 0.2) is 23.8 Å². The number of rotatable bonds is 5. The lowest BCUT2D eigenvalue weighted by Gasteiger charge is -2.29. The second kappa shape index (κ2) is 6.83. The number of ether oxygens (including phenoxy) is 5. The maximum absolute atomic E-state index is 11.1. The lowest BCUT2D eigenvalue weighted by atomic mass is 9.89. The van der Waals surface area contributed by atoms with Gasteiger partial charge < -0.3 is 33.9 Å². The third-order valence-corrected chi connectivity index (χ3v) is 5.46. The highest BCUT2D eigenvalue weighted by atomic mass is 16.8. The molecule has 2 N–H and O–H groups in total. The fourth-order valence-electron chi connectivity index (χ4n) is 3.85. The first-order chi connectivity index (χ1) is 13.2. The van der Waals surface area contributed by atoms with Crippen molar-refractivity contribution in [2.75, 3.05) is 13.2 Å². The summed E-state index contributed by atoms with van der Waals surface area (Å²) in [6, 6.07) is 0. The van der Waals surface area contributed by atoms with E-state index in [1.807, 2.05) is 20.8 Å². The second-order valence-electron chi connectivity index (χ2n) is 7.93. The van der Waals surface area contributed by atoms with E-state index in [1.54, 1.807) is 13.0 Å². The van der Waals surface area contributed by atoms with Gasteiger partial charge in [-0.25, -0.2) is 0 Å².